The fourth-order valence-electron chi connectivity index (χ4n) is 3.63. The normalized spacial score (nSPS) is 13.2. The predicted molar refractivity (Wildman–Crippen MR) is 138 cm³/mol. The standard InChI is InChI=1S/C25H23F3N2O4S3/c1-24(2,37(4,33)34)23-15-20(30(29-23)19-11-6-5-10-18(19)25(26,27)28)22-13-12-21(35-22)16-8-7-9-17(14-16)36(3,31)32/h5-15H,1-4H3. The van der Waals surface area contributed by atoms with E-state index in [2.05, 4.69) is 5.10 Å². The van der Waals surface area contributed by atoms with Crippen LogP contribution in [0.25, 0.3) is 26.7 Å². The Morgan fingerprint density at radius 3 is 2.11 bits per heavy atom. The van der Waals surface area contributed by atoms with E-state index in [1.165, 1.54) is 61.6 Å². The number of nitrogens with zero attached hydrogens (tertiary/aromatic N) is 2. The number of thiophene rings is 1. The SMILES string of the molecule is CC(C)(c1cc(-c2ccc(-c3cccc(S(C)(=O)=O)c3)s2)n(-c2ccccc2C(F)(F)F)n1)S(C)(=O)=O. The molecule has 0 amide bonds. The van der Waals surface area contributed by atoms with Crippen molar-refractivity contribution in [2.75, 3.05) is 12.5 Å². The molecule has 196 valence electrons. The molecule has 0 spiro atoms. The van der Waals surface area contributed by atoms with E-state index < -0.39 is 36.2 Å². The summed E-state index contributed by atoms with van der Waals surface area (Å²) >= 11 is 1.23. The van der Waals surface area contributed by atoms with E-state index in [-0.39, 0.29) is 22.0 Å². The van der Waals surface area contributed by atoms with Crippen LogP contribution in [-0.2, 0) is 30.6 Å². The van der Waals surface area contributed by atoms with Crippen molar-refractivity contribution >= 4 is 31.0 Å². The maximum atomic E-state index is 13.9. The van der Waals surface area contributed by atoms with E-state index in [0.717, 1.165) is 23.3 Å². The van der Waals surface area contributed by atoms with Gasteiger partial charge in [-0.25, -0.2) is 21.5 Å². The Morgan fingerprint density at radius 1 is 0.838 bits per heavy atom. The number of sulfone groups is 2. The van der Waals surface area contributed by atoms with Gasteiger partial charge in [0.15, 0.2) is 19.7 Å². The third-order valence-electron chi connectivity index (χ3n) is 6.10. The number of halogens is 3. The molecule has 0 saturated carbocycles. The minimum atomic E-state index is -4.67. The first kappa shape index (κ1) is 27.1. The molecule has 2 aromatic heterocycles. The molecule has 0 fully saturated rings. The summed E-state index contributed by atoms with van der Waals surface area (Å²) in [5, 5.41) is 4.36. The second-order valence-corrected chi connectivity index (χ2v) is 14.8. The van der Waals surface area contributed by atoms with Gasteiger partial charge in [-0.2, -0.15) is 18.3 Å². The molecule has 2 aromatic carbocycles. The van der Waals surface area contributed by atoms with E-state index in [9.17, 15) is 30.0 Å². The molecule has 0 unspecified atom stereocenters. The predicted octanol–water partition coefficient (Wildman–Crippen LogP) is 5.97. The van der Waals surface area contributed by atoms with Crippen LogP contribution in [-0.4, -0.2) is 39.1 Å². The Balaban J connectivity index is 1.94. The van der Waals surface area contributed by atoms with Gasteiger partial charge in [0.1, 0.15) is 4.75 Å². The largest absolute Gasteiger partial charge is 0.418 e. The van der Waals surface area contributed by atoms with E-state index in [0.29, 0.717) is 15.3 Å². The molecule has 0 atom stereocenters. The molecule has 0 aliphatic carbocycles. The van der Waals surface area contributed by atoms with Gasteiger partial charge in [-0.05, 0) is 61.9 Å². The fourth-order valence-corrected chi connectivity index (χ4v) is 5.78. The smallest absolute Gasteiger partial charge is 0.231 e. The molecule has 0 saturated heterocycles. The van der Waals surface area contributed by atoms with E-state index >= 15 is 0 Å². The third-order valence-corrected chi connectivity index (χ3v) is 10.4. The highest BCUT2D eigenvalue weighted by molar-refractivity contribution is 7.91. The van der Waals surface area contributed by atoms with Gasteiger partial charge >= 0.3 is 6.18 Å². The molecule has 4 aromatic rings. The van der Waals surface area contributed by atoms with Crippen molar-refractivity contribution in [1.82, 2.24) is 9.78 Å². The highest BCUT2D eigenvalue weighted by atomic mass is 32.2. The minimum Gasteiger partial charge on any atom is -0.231 e. The maximum absolute atomic E-state index is 13.9. The zero-order chi connectivity index (χ0) is 27.4. The average molecular weight is 569 g/mol. The molecular weight excluding hydrogens is 545 g/mol. The summed E-state index contributed by atoms with van der Waals surface area (Å²) in [7, 11) is -7.11. The number of hydrogen-bond donors (Lipinski definition) is 0. The minimum absolute atomic E-state index is 0.0935. The fraction of sp³-hybridized carbons (Fsp3) is 0.240. The quantitative estimate of drug-likeness (QED) is 0.286. The summed E-state index contributed by atoms with van der Waals surface area (Å²) in [4.78, 5) is 1.35. The number of aromatic nitrogens is 2. The Kier molecular flexibility index (Phi) is 6.66. The van der Waals surface area contributed by atoms with Crippen LogP contribution in [0, 0.1) is 0 Å². The summed E-state index contributed by atoms with van der Waals surface area (Å²) in [6.45, 7) is 2.90. The molecule has 4 rings (SSSR count). The van der Waals surface area contributed by atoms with Crippen LogP contribution in [0.4, 0.5) is 13.2 Å². The molecule has 0 aliphatic rings. The summed E-state index contributed by atoms with van der Waals surface area (Å²) in [6.07, 6.45) is -2.51. The molecule has 12 heteroatoms. The summed E-state index contributed by atoms with van der Waals surface area (Å²) in [5.41, 5.74) is -0.164. The van der Waals surface area contributed by atoms with E-state index in [1.54, 1.807) is 24.3 Å². The van der Waals surface area contributed by atoms with Gasteiger partial charge in [-0.3, -0.25) is 0 Å². The van der Waals surface area contributed by atoms with Gasteiger partial charge in [0.25, 0.3) is 0 Å². The van der Waals surface area contributed by atoms with Gasteiger partial charge in [0.05, 0.1) is 32.4 Å². The van der Waals surface area contributed by atoms with E-state index in [4.69, 9.17) is 0 Å². The number of hydrogen-bond acceptors (Lipinski definition) is 6. The summed E-state index contributed by atoms with van der Waals surface area (Å²) < 4.78 is 90.2. The Bertz CT molecular complexity index is 1700. The van der Waals surface area contributed by atoms with Gasteiger partial charge in [0.2, 0.25) is 0 Å². The van der Waals surface area contributed by atoms with Crippen LogP contribution in [0.2, 0.25) is 0 Å². The van der Waals surface area contributed by atoms with Crippen LogP contribution < -0.4 is 0 Å². The Labute approximate surface area is 217 Å². The van der Waals surface area contributed by atoms with Gasteiger partial charge in [0, 0.05) is 17.4 Å². The molecule has 0 aliphatic heterocycles. The molecule has 0 bridgehead atoms. The maximum Gasteiger partial charge on any atom is 0.418 e. The van der Waals surface area contributed by atoms with Crippen LogP contribution in [0.15, 0.2) is 71.6 Å². The van der Waals surface area contributed by atoms with Crippen molar-refractivity contribution in [3.05, 3.63) is 78.0 Å². The molecule has 37 heavy (non-hydrogen) atoms. The highest BCUT2D eigenvalue weighted by Gasteiger charge is 2.38. The first-order chi connectivity index (χ1) is 17.0. The lowest BCUT2D eigenvalue weighted by molar-refractivity contribution is -0.137. The Morgan fingerprint density at radius 2 is 1.49 bits per heavy atom. The first-order valence-corrected chi connectivity index (χ1v) is 15.5. The number of rotatable bonds is 6. The van der Waals surface area contributed by atoms with Crippen LogP contribution in [0.5, 0.6) is 0 Å². The van der Waals surface area contributed by atoms with Crippen LogP contribution >= 0.6 is 11.3 Å². The zero-order valence-corrected chi connectivity index (χ0v) is 22.7. The van der Waals surface area contributed by atoms with Crippen LogP contribution in [0.1, 0.15) is 25.1 Å². The van der Waals surface area contributed by atoms with Crippen molar-refractivity contribution in [2.24, 2.45) is 0 Å². The van der Waals surface area contributed by atoms with Gasteiger partial charge in [-0.1, -0.05) is 24.3 Å². The van der Waals surface area contributed by atoms with Crippen molar-refractivity contribution in [3.8, 4) is 26.7 Å². The number of para-hydroxylation sites is 1. The van der Waals surface area contributed by atoms with E-state index in [1.807, 2.05) is 0 Å². The topological polar surface area (TPSA) is 86.1 Å². The third kappa shape index (κ3) is 5.23. The Hall–Kier alpha value is -2.96. The van der Waals surface area contributed by atoms with Crippen molar-refractivity contribution in [1.29, 1.82) is 0 Å². The van der Waals surface area contributed by atoms with Crippen LogP contribution in [0.3, 0.4) is 0 Å². The van der Waals surface area contributed by atoms with Crippen molar-refractivity contribution < 1.29 is 30.0 Å². The van der Waals surface area contributed by atoms with Crippen molar-refractivity contribution in [2.45, 2.75) is 29.7 Å². The second kappa shape index (κ2) is 9.10. The first-order valence-electron chi connectivity index (χ1n) is 10.9. The highest BCUT2D eigenvalue weighted by Crippen LogP contribution is 2.41. The molecule has 6 nitrogen and oxygen atoms in total. The monoisotopic (exact) mass is 568 g/mol. The number of benzene rings is 2. The zero-order valence-electron chi connectivity index (χ0n) is 20.2. The molecule has 2 heterocycles. The molecule has 0 N–H and O–H groups in total. The van der Waals surface area contributed by atoms with Gasteiger partial charge in [-0.15, -0.1) is 11.3 Å². The van der Waals surface area contributed by atoms with Crippen molar-refractivity contribution in [3.63, 3.8) is 0 Å². The average Bonchev–Trinajstić information content (AvgIpc) is 3.45. The number of alkyl halides is 3. The summed E-state index contributed by atoms with van der Waals surface area (Å²) in [6, 6.07) is 16.2. The lowest BCUT2D eigenvalue weighted by Gasteiger charge is -2.19. The lowest BCUT2D eigenvalue weighted by Crippen LogP contribution is -2.28. The summed E-state index contributed by atoms with van der Waals surface area (Å²) in [5.74, 6) is 0. The lowest BCUT2D eigenvalue weighted by atomic mass is 10.1. The molecule has 0 radical (unpaired) electrons. The second-order valence-electron chi connectivity index (χ2n) is 9.09. The molecular formula is C25H23F3N2O4S3. The van der Waals surface area contributed by atoms with Gasteiger partial charge < -0.3 is 0 Å².